The van der Waals surface area contributed by atoms with Gasteiger partial charge < -0.3 is 9.84 Å². The number of halogens is 1. The molecule has 4 nitrogen and oxygen atoms in total. The van der Waals surface area contributed by atoms with Crippen molar-refractivity contribution in [2.45, 2.75) is 6.92 Å². The van der Waals surface area contributed by atoms with E-state index in [1.54, 1.807) is 37.3 Å². The number of anilines is 1. The largest absolute Gasteiger partial charge is 0.351 e. The number of carbonyl (C=O) groups excluding carboxylic acids is 1. The molecule has 0 unspecified atom stereocenters. The number of rotatable bonds is 2. The van der Waals surface area contributed by atoms with Gasteiger partial charge in [0.25, 0.3) is 5.91 Å². The third-order valence-electron chi connectivity index (χ3n) is 1.97. The summed E-state index contributed by atoms with van der Waals surface area (Å²) in [6.07, 6.45) is 0. The second-order valence-electron chi connectivity index (χ2n) is 3.27. The zero-order valence-electron chi connectivity index (χ0n) is 8.53. The smallest absolute Gasteiger partial charge is 0.294 e. The summed E-state index contributed by atoms with van der Waals surface area (Å²) < 4.78 is 4.83. The summed E-state index contributed by atoms with van der Waals surface area (Å²) in [4.78, 5) is 11.7. The van der Waals surface area contributed by atoms with E-state index in [4.69, 9.17) is 16.1 Å². The Morgan fingerprint density at radius 1 is 1.44 bits per heavy atom. The molecule has 0 saturated heterocycles. The van der Waals surface area contributed by atoms with Gasteiger partial charge in [-0.15, -0.1) is 0 Å². The van der Waals surface area contributed by atoms with E-state index >= 15 is 0 Å². The highest BCUT2D eigenvalue weighted by molar-refractivity contribution is 6.33. The van der Waals surface area contributed by atoms with E-state index in [0.717, 1.165) is 0 Å². The van der Waals surface area contributed by atoms with Gasteiger partial charge in [0.05, 0.1) is 16.4 Å². The summed E-state index contributed by atoms with van der Waals surface area (Å²) in [5, 5.41) is 6.75. The van der Waals surface area contributed by atoms with Gasteiger partial charge in [-0.1, -0.05) is 28.9 Å². The van der Waals surface area contributed by atoms with Crippen molar-refractivity contribution >= 4 is 23.2 Å². The average molecular weight is 237 g/mol. The summed E-state index contributed by atoms with van der Waals surface area (Å²) >= 11 is 5.90. The Bertz CT molecular complexity index is 522. The number of benzene rings is 1. The number of aryl methyl sites for hydroxylation is 1. The number of carbonyl (C=O) groups is 1. The van der Waals surface area contributed by atoms with Crippen LogP contribution >= 0.6 is 11.6 Å². The number of nitrogens with one attached hydrogen (secondary N) is 1. The van der Waals surface area contributed by atoms with Crippen LogP contribution in [-0.2, 0) is 0 Å². The molecule has 0 saturated carbocycles. The predicted octanol–water partition coefficient (Wildman–Crippen LogP) is 2.89. The molecule has 1 aromatic heterocycles. The van der Waals surface area contributed by atoms with Crippen LogP contribution in [0.4, 0.5) is 5.69 Å². The number of para-hydroxylation sites is 1. The van der Waals surface area contributed by atoms with Crippen LogP contribution in [0.1, 0.15) is 16.2 Å². The van der Waals surface area contributed by atoms with Crippen LogP contribution in [0.25, 0.3) is 0 Å². The predicted molar refractivity (Wildman–Crippen MR) is 60.6 cm³/mol. The highest BCUT2D eigenvalue weighted by Crippen LogP contribution is 2.21. The third-order valence-corrected chi connectivity index (χ3v) is 2.30. The molecule has 0 bridgehead atoms. The Morgan fingerprint density at radius 2 is 2.19 bits per heavy atom. The van der Waals surface area contributed by atoms with Crippen LogP contribution in [0.15, 0.2) is 34.9 Å². The van der Waals surface area contributed by atoms with Crippen LogP contribution in [0.5, 0.6) is 0 Å². The van der Waals surface area contributed by atoms with E-state index in [1.165, 1.54) is 0 Å². The van der Waals surface area contributed by atoms with Crippen molar-refractivity contribution in [1.82, 2.24) is 5.16 Å². The van der Waals surface area contributed by atoms with Crippen molar-refractivity contribution in [2.24, 2.45) is 0 Å². The van der Waals surface area contributed by atoms with Gasteiger partial charge in [0.2, 0.25) is 5.76 Å². The van der Waals surface area contributed by atoms with Crippen molar-refractivity contribution in [2.75, 3.05) is 5.32 Å². The third kappa shape index (κ3) is 2.23. The maximum absolute atomic E-state index is 11.7. The van der Waals surface area contributed by atoms with Crippen molar-refractivity contribution < 1.29 is 9.32 Å². The summed E-state index contributed by atoms with van der Waals surface area (Å²) in [5.74, 6) is -0.203. The Balaban J connectivity index is 2.17. The molecule has 0 radical (unpaired) electrons. The SMILES string of the molecule is Cc1cc(C(=O)Nc2ccccc2Cl)on1. The van der Waals surface area contributed by atoms with Crippen molar-refractivity contribution in [3.8, 4) is 0 Å². The number of hydrogen-bond donors (Lipinski definition) is 1. The van der Waals surface area contributed by atoms with Crippen LogP contribution in [0.2, 0.25) is 5.02 Å². The molecule has 0 fully saturated rings. The molecule has 0 aliphatic carbocycles. The summed E-state index contributed by atoms with van der Waals surface area (Å²) in [5.41, 5.74) is 1.20. The highest BCUT2D eigenvalue weighted by Gasteiger charge is 2.12. The second kappa shape index (κ2) is 4.37. The lowest BCUT2D eigenvalue weighted by Crippen LogP contribution is -2.11. The fourth-order valence-corrected chi connectivity index (χ4v) is 1.40. The average Bonchev–Trinajstić information content (AvgIpc) is 2.68. The van der Waals surface area contributed by atoms with Gasteiger partial charge in [0.15, 0.2) is 0 Å². The van der Waals surface area contributed by atoms with E-state index in [1.807, 2.05) is 0 Å². The van der Waals surface area contributed by atoms with E-state index in [2.05, 4.69) is 10.5 Å². The van der Waals surface area contributed by atoms with Crippen molar-refractivity contribution in [1.29, 1.82) is 0 Å². The fourth-order valence-electron chi connectivity index (χ4n) is 1.22. The molecule has 1 N–H and O–H groups in total. The molecule has 0 aliphatic rings. The van der Waals surface area contributed by atoms with E-state index < -0.39 is 0 Å². The minimum atomic E-state index is -0.367. The van der Waals surface area contributed by atoms with Gasteiger partial charge in [0, 0.05) is 6.07 Å². The van der Waals surface area contributed by atoms with E-state index in [9.17, 15) is 4.79 Å². The van der Waals surface area contributed by atoms with Crippen LogP contribution in [-0.4, -0.2) is 11.1 Å². The maximum atomic E-state index is 11.7. The molecule has 0 aliphatic heterocycles. The first-order valence-electron chi connectivity index (χ1n) is 4.66. The first-order valence-corrected chi connectivity index (χ1v) is 5.04. The standard InChI is InChI=1S/C11H9ClN2O2/c1-7-6-10(16-14-7)11(15)13-9-5-3-2-4-8(9)12/h2-6H,1H3,(H,13,15). The highest BCUT2D eigenvalue weighted by atomic mass is 35.5. The molecular formula is C11H9ClN2O2. The van der Waals surface area contributed by atoms with Crippen LogP contribution in [0.3, 0.4) is 0 Å². The Morgan fingerprint density at radius 3 is 2.81 bits per heavy atom. The van der Waals surface area contributed by atoms with E-state index in [0.29, 0.717) is 16.4 Å². The minimum absolute atomic E-state index is 0.164. The zero-order valence-corrected chi connectivity index (χ0v) is 9.28. The van der Waals surface area contributed by atoms with Crippen molar-refractivity contribution in [3.63, 3.8) is 0 Å². The first kappa shape index (κ1) is 10.7. The molecule has 0 spiro atoms. The maximum Gasteiger partial charge on any atom is 0.294 e. The summed E-state index contributed by atoms with van der Waals surface area (Å²) in [6.45, 7) is 1.75. The number of amides is 1. The Hall–Kier alpha value is -1.81. The van der Waals surface area contributed by atoms with E-state index in [-0.39, 0.29) is 11.7 Å². The Labute approximate surface area is 97.2 Å². The summed E-state index contributed by atoms with van der Waals surface area (Å²) in [6, 6.07) is 8.54. The number of aromatic nitrogens is 1. The number of hydrogen-bond acceptors (Lipinski definition) is 3. The molecule has 82 valence electrons. The molecule has 2 aromatic rings. The van der Waals surface area contributed by atoms with Crippen molar-refractivity contribution in [3.05, 3.63) is 46.8 Å². The minimum Gasteiger partial charge on any atom is -0.351 e. The van der Waals surface area contributed by atoms with Gasteiger partial charge in [-0.25, -0.2) is 0 Å². The first-order chi connectivity index (χ1) is 7.66. The second-order valence-corrected chi connectivity index (χ2v) is 3.67. The van der Waals surface area contributed by atoms with Gasteiger partial charge in [-0.3, -0.25) is 4.79 Å². The normalized spacial score (nSPS) is 10.1. The Kier molecular flexibility index (Phi) is 2.92. The molecule has 2 rings (SSSR count). The monoisotopic (exact) mass is 236 g/mol. The molecule has 1 heterocycles. The van der Waals surface area contributed by atoms with Crippen LogP contribution in [0, 0.1) is 6.92 Å². The molecular weight excluding hydrogens is 228 g/mol. The van der Waals surface area contributed by atoms with Gasteiger partial charge >= 0.3 is 0 Å². The quantitative estimate of drug-likeness (QED) is 0.872. The molecule has 0 atom stereocenters. The van der Waals surface area contributed by atoms with Gasteiger partial charge in [0.1, 0.15) is 0 Å². The topological polar surface area (TPSA) is 55.1 Å². The molecule has 5 heteroatoms. The van der Waals surface area contributed by atoms with Gasteiger partial charge in [-0.05, 0) is 19.1 Å². The lowest BCUT2D eigenvalue weighted by molar-refractivity contribution is 0.0988. The van der Waals surface area contributed by atoms with Crippen LogP contribution < -0.4 is 5.32 Å². The summed E-state index contributed by atoms with van der Waals surface area (Å²) in [7, 11) is 0. The van der Waals surface area contributed by atoms with Gasteiger partial charge in [-0.2, -0.15) is 0 Å². The lowest BCUT2D eigenvalue weighted by atomic mass is 10.3. The molecule has 1 amide bonds. The molecule has 1 aromatic carbocycles. The lowest BCUT2D eigenvalue weighted by Gasteiger charge is -2.03. The number of nitrogens with zero attached hydrogens (tertiary/aromatic N) is 1. The fraction of sp³-hybridized carbons (Fsp3) is 0.0909. The molecule has 16 heavy (non-hydrogen) atoms. The zero-order chi connectivity index (χ0) is 11.5.